The summed E-state index contributed by atoms with van der Waals surface area (Å²) in [6, 6.07) is 0. The molecular formula is C9H12Cl2S. The summed E-state index contributed by atoms with van der Waals surface area (Å²) in [4.78, 5) is 1.28. The monoisotopic (exact) mass is 222 g/mol. The molecule has 12 heavy (non-hydrogen) atoms. The molecule has 0 saturated heterocycles. The third-order valence-electron chi connectivity index (χ3n) is 1.72. The molecule has 0 aliphatic rings. The Morgan fingerprint density at radius 1 is 1.17 bits per heavy atom. The van der Waals surface area contributed by atoms with Crippen LogP contribution in [0.15, 0.2) is 0 Å². The Balaban J connectivity index is 3.28. The fraction of sp³-hybridized carbons (Fsp3) is 0.556. The maximum absolute atomic E-state index is 5.98. The summed E-state index contributed by atoms with van der Waals surface area (Å²) >= 11 is 13.5. The van der Waals surface area contributed by atoms with Crippen molar-refractivity contribution in [3.63, 3.8) is 0 Å². The highest BCUT2D eigenvalue weighted by molar-refractivity contribution is 7.17. The largest absolute Gasteiger partial charge is 0.126 e. The van der Waals surface area contributed by atoms with Gasteiger partial charge >= 0.3 is 0 Å². The molecule has 0 N–H and O–H groups in total. The van der Waals surface area contributed by atoms with E-state index >= 15 is 0 Å². The third kappa shape index (κ3) is 1.78. The van der Waals surface area contributed by atoms with Crippen LogP contribution in [0.5, 0.6) is 0 Å². The van der Waals surface area contributed by atoms with E-state index in [4.69, 9.17) is 23.2 Å². The Labute approximate surface area is 87.5 Å². The number of hydrogen-bond acceptors (Lipinski definition) is 1. The highest BCUT2D eigenvalue weighted by Gasteiger charge is 2.22. The van der Waals surface area contributed by atoms with E-state index < -0.39 is 0 Å². The minimum Gasteiger partial charge on any atom is -0.126 e. The van der Waals surface area contributed by atoms with Crippen LogP contribution in [0.1, 0.15) is 31.2 Å². The molecule has 0 spiro atoms. The van der Waals surface area contributed by atoms with Crippen LogP contribution in [-0.2, 0) is 5.41 Å². The van der Waals surface area contributed by atoms with Crippen LogP contribution in [0.25, 0.3) is 0 Å². The van der Waals surface area contributed by atoms with Crippen LogP contribution >= 0.6 is 34.5 Å². The summed E-state index contributed by atoms with van der Waals surface area (Å²) < 4.78 is 0.707. The Kier molecular flexibility index (Phi) is 2.77. The lowest BCUT2D eigenvalue weighted by molar-refractivity contribution is 0.600. The summed E-state index contributed by atoms with van der Waals surface area (Å²) in [5.74, 6) is 0. The number of halogens is 2. The van der Waals surface area contributed by atoms with Crippen LogP contribution in [0.3, 0.4) is 0 Å². The average molecular weight is 223 g/mol. The smallest absolute Gasteiger partial charge is 0.112 e. The van der Waals surface area contributed by atoms with Crippen molar-refractivity contribution in [2.24, 2.45) is 0 Å². The van der Waals surface area contributed by atoms with Crippen LogP contribution in [0.2, 0.25) is 9.36 Å². The first kappa shape index (κ1) is 10.4. The minimum atomic E-state index is 0.144. The molecule has 0 aliphatic carbocycles. The summed E-state index contributed by atoms with van der Waals surface area (Å²) in [5, 5.41) is 0.714. The van der Waals surface area contributed by atoms with E-state index in [1.165, 1.54) is 4.88 Å². The second-order valence-corrected chi connectivity index (χ2v) is 5.89. The van der Waals surface area contributed by atoms with Gasteiger partial charge in [0.05, 0.1) is 5.02 Å². The molecule has 0 nitrogen and oxygen atoms in total. The second kappa shape index (κ2) is 3.21. The van der Waals surface area contributed by atoms with E-state index in [2.05, 4.69) is 20.8 Å². The molecule has 1 heterocycles. The van der Waals surface area contributed by atoms with Crippen molar-refractivity contribution in [1.29, 1.82) is 0 Å². The lowest BCUT2D eigenvalue weighted by Crippen LogP contribution is -2.09. The molecule has 0 aromatic carbocycles. The topological polar surface area (TPSA) is 0 Å². The summed E-state index contributed by atoms with van der Waals surface area (Å²) in [5.41, 5.74) is 1.27. The molecule has 0 saturated carbocycles. The lowest BCUT2D eigenvalue weighted by atomic mass is 9.92. The molecule has 3 heteroatoms. The fourth-order valence-electron chi connectivity index (χ4n) is 1.17. The standard InChI is InChI=1S/C9H12Cl2S/c1-5-6(10)8(11)12-7(5)9(2,3)4/h1-4H3. The van der Waals surface area contributed by atoms with Crippen molar-refractivity contribution < 1.29 is 0 Å². The number of thiophene rings is 1. The van der Waals surface area contributed by atoms with Gasteiger partial charge in [-0.15, -0.1) is 11.3 Å². The minimum absolute atomic E-state index is 0.144. The normalized spacial score (nSPS) is 12.2. The molecule has 68 valence electrons. The van der Waals surface area contributed by atoms with Crippen LogP contribution < -0.4 is 0 Å². The molecule has 0 bridgehead atoms. The zero-order valence-electron chi connectivity index (χ0n) is 7.66. The van der Waals surface area contributed by atoms with Crippen LogP contribution in [-0.4, -0.2) is 0 Å². The fourth-order valence-corrected chi connectivity index (χ4v) is 2.80. The van der Waals surface area contributed by atoms with Crippen molar-refractivity contribution in [1.82, 2.24) is 0 Å². The van der Waals surface area contributed by atoms with E-state index in [-0.39, 0.29) is 5.41 Å². The van der Waals surface area contributed by atoms with Crippen LogP contribution in [0, 0.1) is 6.92 Å². The van der Waals surface area contributed by atoms with Crippen molar-refractivity contribution >= 4 is 34.5 Å². The molecule has 0 radical (unpaired) electrons. The van der Waals surface area contributed by atoms with Gasteiger partial charge in [0.25, 0.3) is 0 Å². The quantitative estimate of drug-likeness (QED) is 0.600. The van der Waals surface area contributed by atoms with Gasteiger partial charge in [-0.25, -0.2) is 0 Å². The van der Waals surface area contributed by atoms with Gasteiger partial charge in [0.2, 0.25) is 0 Å². The maximum Gasteiger partial charge on any atom is 0.112 e. The molecule has 0 atom stereocenters. The Morgan fingerprint density at radius 2 is 1.67 bits per heavy atom. The van der Waals surface area contributed by atoms with Crippen LogP contribution in [0.4, 0.5) is 0 Å². The number of rotatable bonds is 0. The predicted molar refractivity (Wildman–Crippen MR) is 57.8 cm³/mol. The van der Waals surface area contributed by atoms with E-state index in [1.54, 1.807) is 11.3 Å². The average Bonchev–Trinajstić information content (AvgIpc) is 2.15. The van der Waals surface area contributed by atoms with Gasteiger partial charge in [-0.3, -0.25) is 0 Å². The van der Waals surface area contributed by atoms with Gasteiger partial charge in [0.15, 0.2) is 0 Å². The van der Waals surface area contributed by atoms with Gasteiger partial charge in [0, 0.05) is 4.88 Å². The van der Waals surface area contributed by atoms with E-state index in [1.807, 2.05) is 6.92 Å². The number of hydrogen-bond donors (Lipinski definition) is 0. The first-order valence-corrected chi connectivity index (χ1v) is 5.36. The lowest BCUT2D eigenvalue weighted by Gasteiger charge is -2.17. The van der Waals surface area contributed by atoms with E-state index in [9.17, 15) is 0 Å². The molecule has 1 aromatic rings. The van der Waals surface area contributed by atoms with E-state index in [0.29, 0.717) is 9.36 Å². The zero-order chi connectivity index (χ0) is 9.52. The molecule has 0 amide bonds. The SMILES string of the molecule is Cc1c(C(C)(C)C)sc(Cl)c1Cl. The van der Waals surface area contributed by atoms with Crippen molar-refractivity contribution in [2.75, 3.05) is 0 Å². The first-order chi connectivity index (χ1) is 5.34. The van der Waals surface area contributed by atoms with Gasteiger partial charge in [-0.2, -0.15) is 0 Å². The Morgan fingerprint density at radius 3 is 1.83 bits per heavy atom. The van der Waals surface area contributed by atoms with Gasteiger partial charge < -0.3 is 0 Å². The predicted octanol–water partition coefficient (Wildman–Crippen LogP) is 4.66. The van der Waals surface area contributed by atoms with Gasteiger partial charge in [-0.05, 0) is 17.9 Å². The maximum atomic E-state index is 5.98. The van der Waals surface area contributed by atoms with Crippen molar-refractivity contribution in [2.45, 2.75) is 33.1 Å². The summed E-state index contributed by atoms with van der Waals surface area (Å²) in [6.45, 7) is 8.51. The Bertz CT molecular complexity index is 294. The van der Waals surface area contributed by atoms with Gasteiger partial charge in [0.1, 0.15) is 4.34 Å². The second-order valence-electron chi connectivity index (χ2n) is 3.89. The Hall–Kier alpha value is 0.280. The third-order valence-corrected chi connectivity index (χ3v) is 4.32. The van der Waals surface area contributed by atoms with Gasteiger partial charge in [-0.1, -0.05) is 44.0 Å². The van der Waals surface area contributed by atoms with Crippen molar-refractivity contribution in [3.05, 3.63) is 19.8 Å². The summed E-state index contributed by atoms with van der Waals surface area (Å²) in [6.07, 6.45) is 0. The molecular weight excluding hydrogens is 211 g/mol. The molecule has 0 fully saturated rings. The highest BCUT2D eigenvalue weighted by atomic mass is 35.5. The zero-order valence-corrected chi connectivity index (χ0v) is 9.99. The molecule has 1 rings (SSSR count). The first-order valence-electron chi connectivity index (χ1n) is 3.79. The molecule has 1 aromatic heterocycles. The molecule has 0 unspecified atom stereocenters. The summed E-state index contributed by atoms with van der Waals surface area (Å²) in [7, 11) is 0. The molecule has 0 aliphatic heterocycles. The van der Waals surface area contributed by atoms with E-state index in [0.717, 1.165) is 5.56 Å². The van der Waals surface area contributed by atoms with Crippen molar-refractivity contribution in [3.8, 4) is 0 Å². The highest BCUT2D eigenvalue weighted by Crippen LogP contribution is 2.41.